The van der Waals surface area contributed by atoms with Crippen LogP contribution in [0.2, 0.25) is 0 Å². The summed E-state index contributed by atoms with van der Waals surface area (Å²) in [6, 6.07) is 12.7. The number of nitrogens with one attached hydrogen (secondary N) is 1. The second kappa shape index (κ2) is 9.28. The zero-order valence-corrected chi connectivity index (χ0v) is 14.2. The highest BCUT2D eigenvalue weighted by Crippen LogP contribution is 2.24. The minimum absolute atomic E-state index is 0.0520. The number of amides is 1. The second-order valence-electron chi connectivity index (χ2n) is 6.17. The minimum Gasteiger partial charge on any atom is -0.396 e. The van der Waals surface area contributed by atoms with Crippen molar-refractivity contribution in [3.8, 4) is 0 Å². The van der Waals surface area contributed by atoms with E-state index in [1.54, 1.807) is 6.92 Å². The molecule has 0 radical (unpaired) electrons. The Morgan fingerprint density at radius 2 is 1.88 bits per heavy atom. The van der Waals surface area contributed by atoms with Crippen LogP contribution < -0.4 is 5.32 Å². The Morgan fingerprint density at radius 1 is 1.16 bits per heavy atom. The maximum atomic E-state index is 13.8. The first-order chi connectivity index (χ1) is 12.0. The van der Waals surface area contributed by atoms with Crippen LogP contribution in [-0.4, -0.2) is 17.6 Å². The number of rotatable bonds is 8. The Labute approximate surface area is 146 Å². The van der Waals surface area contributed by atoms with E-state index in [2.05, 4.69) is 5.32 Å². The molecule has 1 amide bonds. The molecular formula is C20H23F2NO2. The van der Waals surface area contributed by atoms with Crippen molar-refractivity contribution in [2.75, 3.05) is 6.61 Å². The summed E-state index contributed by atoms with van der Waals surface area (Å²) in [5.74, 6) is -1.84. The van der Waals surface area contributed by atoms with Crippen molar-refractivity contribution >= 4 is 5.91 Å². The van der Waals surface area contributed by atoms with E-state index < -0.39 is 11.6 Å². The van der Waals surface area contributed by atoms with Crippen LogP contribution in [0.1, 0.15) is 49.3 Å². The lowest BCUT2D eigenvalue weighted by Crippen LogP contribution is -2.29. The number of carbonyl (C=O) groups is 1. The van der Waals surface area contributed by atoms with Gasteiger partial charge in [0.2, 0.25) is 5.91 Å². The van der Waals surface area contributed by atoms with E-state index in [-0.39, 0.29) is 30.9 Å². The molecule has 2 N–H and O–H groups in total. The number of carbonyl (C=O) groups excluding carboxylic acids is 1. The first kappa shape index (κ1) is 19.1. The molecule has 2 rings (SSSR count). The van der Waals surface area contributed by atoms with Crippen molar-refractivity contribution < 1.29 is 18.7 Å². The van der Waals surface area contributed by atoms with Crippen molar-refractivity contribution in [3.63, 3.8) is 0 Å². The lowest BCUT2D eigenvalue weighted by Gasteiger charge is -2.20. The van der Waals surface area contributed by atoms with Crippen molar-refractivity contribution in [1.82, 2.24) is 5.32 Å². The molecule has 0 aliphatic carbocycles. The van der Waals surface area contributed by atoms with Gasteiger partial charge in [-0.1, -0.05) is 43.3 Å². The van der Waals surface area contributed by atoms with Gasteiger partial charge in [-0.2, -0.15) is 0 Å². The van der Waals surface area contributed by atoms with Gasteiger partial charge in [-0.25, -0.2) is 8.78 Å². The molecule has 2 aromatic carbocycles. The van der Waals surface area contributed by atoms with E-state index in [9.17, 15) is 13.6 Å². The lowest BCUT2D eigenvalue weighted by molar-refractivity contribution is -0.122. The SMILES string of the molecule is CC(CC(=O)NC(CCCO)c1ccccc1)c1ccc(F)cc1F. The molecule has 3 nitrogen and oxygen atoms in total. The number of hydrogen-bond donors (Lipinski definition) is 2. The number of aliphatic hydroxyl groups is 1. The summed E-state index contributed by atoms with van der Waals surface area (Å²) in [4.78, 5) is 12.4. The molecule has 25 heavy (non-hydrogen) atoms. The highest BCUT2D eigenvalue weighted by molar-refractivity contribution is 5.77. The maximum absolute atomic E-state index is 13.8. The van der Waals surface area contributed by atoms with Gasteiger partial charge in [-0.05, 0) is 36.0 Å². The Bertz CT molecular complexity index is 691. The summed E-state index contributed by atoms with van der Waals surface area (Å²) in [6.07, 6.45) is 1.29. The van der Waals surface area contributed by atoms with E-state index in [0.717, 1.165) is 11.6 Å². The molecule has 0 aromatic heterocycles. The van der Waals surface area contributed by atoms with E-state index in [1.165, 1.54) is 12.1 Å². The predicted molar refractivity (Wildman–Crippen MR) is 93.0 cm³/mol. The van der Waals surface area contributed by atoms with Crippen LogP contribution in [0.4, 0.5) is 8.78 Å². The number of aliphatic hydroxyl groups excluding tert-OH is 1. The summed E-state index contributed by atoms with van der Waals surface area (Å²) >= 11 is 0. The first-order valence-corrected chi connectivity index (χ1v) is 8.41. The van der Waals surface area contributed by atoms with Crippen molar-refractivity contribution in [3.05, 3.63) is 71.3 Å². The smallest absolute Gasteiger partial charge is 0.221 e. The standard InChI is InChI=1S/C20H23F2NO2/c1-14(17-10-9-16(21)13-18(17)22)12-20(25)23-19(8-5-11-24)15-6-3-2-4-7-15/h2-4,6-7,9-10,13-14,19,24H,5,8,11-12H2,1H3,(H,23,25). The molecule has 0 saturated heterocycles. The molecule has 0 bridgehead atoms. The molecule has 0 aliphatic heterocycles. The van der Waals surface area contributed by atoms with Gasteiger partial charge in [-0.3, -0.25) is 4.79 Å². The number of benzene rings is 2. The molecule has 0 aliphatic rings. The highest BCUT2D eigenvalue weighted by atomic mass is 19.1. The Morgan fingerprint density at radius 3 is 2.52 bits per heavy atom. The average Bonchev–Trinajstić information content (AvgIpc) is 2.59. The van der Waals surface area contributed by atoms with Crippen LogP contribution in [0, 0.1) is 11.6 Å². The van der Waals surface area contributed by atoms with Gasteiger partial charge in [0.05, 0.1) is 6.04 Å². The quantitative estimate of drug-likeness (QED) is 0.756. The third-order valence-electron chi connectivity index (χ3n) is 4.17. The normalized spacial score (nSPS) is 13.3. The van der Waals surface area contributed by atoms with Crippen molar-refractivity contribution in [2.24, 2.45) is 0 Å². The zero-order valence-electron chi connectivity index (χ0n) is 14.2. The molecule has 0 fully saturated rings. The van der Waals surface area contributed by atoms with Crippen LogP contribution in [0.15, 0.2) is 48.5 Å². The van der Waals surface area contributed by atoms with Gasteiger partial charge in [0, 0.05) is 19.1 Å². The second-order valence-corrected chi connectivity index (χ2v) is 6.17. The highest BCUT2D eigenvalue weighted by Gasteiger charge is 2.19. The third kappa shape index (κ3) is 5.64. The Hall–Kier alpha value is -2.27. The largest absolute Gasteiger partial charge is 0.396 e. The molecular weight excluding hydrogens is 324 g/mol. The van der Waals surface area contributed by atoms with Crippen LogP contribution >= 0.6 is 0 Å². The Balaban J connectivity index is 2.02. The molecule has 0 spiro atoms. The van der Waals surface area contributed by atoms with E-state index in [1.807, 2.05) is 30.3 Å². The maximum Gasteiger partial charge on any atom is 0.221 e. The summed E-state index contributed by atoms with van der Waals surface area (Å²) in [6.45, 7) is 1.79. The van der Waals surface area contributed by atoms with E-state index in [4.69, 9.17) is 5.11 Å². The van der Waals surface area contributed by atoms with Gasteiger partial charge in [0.15, 0.2) is 0 Å². The van der Waals surface area contributed by atoms with Gasteiger partial charge >= 0.3 is 0 Å². The summed E-state index contributed by atoms with van der Waals surface area (Å²) in [7, 11) is 0. The summed E-state index contributed by atoms with van der Waals surface area (Å²) < 4.78 is 26.9. The van der Waals surface area contributed by atoms with Crippen molar-refractivity contribution in [2.45, 2.75) is 38.1 Å². The summed E-state index contributed by atoms with van der Waals surface area (Å²) in [5.41, 5.74) is 1.29. The van der Waals surface area contributed by atoms with Gasteiger partial charge < -0.3 is 10.4 Å². The predicted octanol–water partition coefficient (Wildman–Crippen LogP) is 4.09. The molecule has 0 saturated carbocycles. The molecule has 2 aromatic rings. The fourth-order valence-electron chi connectivity index (χ4n) is 2.85. The monoisotopic (exact) mass is 347 g/mol. The molecule has 2 atom stereocenters. The third-order valence-corrected chi connectivity index (χ3v) is 4.17. The van der Waals surface area contributed by atoms with Crippen LogP contribution in [0.3, 0.4) is 0 Å². The van der Waals surface area contributed by atoms with Crippen LogP contribution in [0.5, 0.6) is 0 Å². The molecule has 134 valence electrons. The summed E-state index contributed by atoms with van der Waals surface area (Å²) in [5, 5.41) is 12.0. The first-order valence-electron chi connectivity index (χ1n) is 8.41. The molecule has 2 unspecified atom stereocenters. The van der Waals surface area contributed by atoms with Crippen molar-refractivity contribution in [1.29, 1.82) is 0 Å². The number of halogens is 2. The fraction of sp³-hybridized carbons (Fsp3) is 0.350. The van der Waals surface area contributed by atoms with E-state index >= 15 is 0 Å². The van der Waals surface area contributed by atoms with Crippen LogP contribution in [-0.2, 0) is 4.79 Å². The Kier molecular flexibility index (Phi) is 7.07. The van der Waals surface area contributed by atoms with Gasteiger partial charge in [0.1, 0.15) is 11.6 Å². The van der Waals surface area contributed by atoms with Gasteiger partial charge in [0.25, 0.3) is 0 Å². The minimum atomic E-state index is -0.639. The lowest BCUT2D eigenvalue weighted by atomic mass is 9.96. The van der Waals surface area contributed by atoms with Crippen LogP contribution in [0.25, 0.3) is 0 Å². The zero-order chi connectivity index (χ0) is 18.2. The molecule has 0 heterocycles. The van der Waals surface area contributed by atoms with Gasteiger partial charge in [-0.15, -0.1) is 0 Å². The molecule has 5 heteroatoms. The number of hydrogen-bond acceptors (Lipinski definition) is 2. The topological polar surface area (TPSA) is 49.3 Å². The fourth-order valence-corrected chi connectivity index (χ4v) is 2.85. The average molecular weight is 347 g/mol. The van der Waals surface area contributed by atoms with E-state index in [0.29, 0.717) is 18.4 Å².